The lowest BCUT2D eigenvalue weighted by Crippen LogP contribution is -2.08. The third kappa shape index (κ3) is 4.34. The molecule has 0 bridgehead atoms. The van der Waals surface area contributed by atoms with Crippen LogP contribution in [0, 0.1) is 6.92 Å². The average molecular weight is 211 g/mol. The molecule has 4 heteroatoms. The fraction of sp³-hybridized carbons (Fsp3) is 0.727. The Labute approximate surface area is 91.6 Å². The smallest absolute Gasteiger partial charge is 0.211 e. The second-order valence-corrected chi connectivity index (χ2v) is 3.76. The lowest BCUT2D eigenvalue weighted by molar-refractivity contribution is 0.280. The molecule has 0 amide bonds. The second-order valence-electron chi connectivity index (χ2n) is 3.76. The number of hydrogen-bond acceptors (Lipinski definition) is 3. The van der Waals surface area contributed by atoms with Crippen molar-refractivity contribution in [3.05, 3.63) is 11.8 Å². The van der Waals surface area contributed by atoms with Gasteiger partial charge in [-0.3, -0.25) is 0 Å². The van der Waals surface area contributed by atoms with Crippen LogP contribution < -0.4 is 10.1 Å². The van der Waals surface area contributed by atoms with Crippen molar-refractivity contribution >= 4 is 0 Å². The molecule has 0 saturated heterocycles. The Balaban J connectivity index is 2.12. The van der Waals surface area contributed by atoms with E-state index in [2.05, 4.69) is 10.4 Å². The van der Waals surface area contributed by atoms with Gasteiger partial charge in [0.05, 0.1) is 12.3 Å². The van der Waals surface area contributed by atoms with Crippen molar-refractivity contribution in [3.8, 4) is 5.88 Å². The van der Waals surface area contributed by atoms with Crippen molar-refractivity contribution in [2.75, 3.05) is 20.2 Å². The molecule has 0 spiro atoms. The minimum atomic E-state index is 0.780. The molecule has 1 heterocycles. The molecule has 1 aromatic rings. The van der Waals surface area contributed by atoms with E-state index in [9.17, 15) is 0 Å². The monoisotopic (exact) mass is 211 g/mol. The molecule has 0 fully saturated rings. The van der Waals surface area contributed by atoms with Gasteiger partial charge in [0.15, 0.2) is 0 Å². The lowest BCUT2D eigenvalue weighted by Gasteiger charge is -2.05. The Kier molecular flexibility index (Phi) is 5.18. The van der Waals surface area contributed by atoms with E-state index in [4.69, 9.17) is 4.74 Å². The van der Waals surface area contributed by atoms with E-state index >= 15 is 0 Å². The standard InChI is InChI=1S/C11H21N3O/c1-10-9-11(14(3)13-10)15-8-6-4-5-7-12-2/h9,12H,4-8H2,1-3H3. The molecule has 1 aromatic heterocycles. The zero-order chi connectivity index (χ0) is 11.1. The van der Waals surface area contributed by atoms with Gasteiger partial charge in [0.25, 0.3) is 0 Å². The van der Waals surface area contributed by atoms with Crippen molar-refractivity contribution in [2.24, 2.45) is 7.05 Å². The molecule has 0 aliphatic carbocycles. The van der Waals surface area contributed by atoms with Crippen LogP contribution in [0.2, 0.25) is 0 Å². The molecule has 0 aliphatic rings. The number of hydrogen-bond donors (Lipinski definition) is 1. The number of rotatable bonds is 7. The highest BCUT2D eigenvalue weighted by Crippen LogP contribution is 2.11. The first-order valence-corrected chi connectivity index (χ1v) is 5.52. The Morgan fingerprint density at radius 1 is 1.40 bits per heavy atom. The number of ether oxygens (including phenoxy) is 1. The van der Waals surface area contributed by atoms with E-state index in [1.807, 2.05) is 27.1 Å². The zero-order valence-electron chi connectivity index (χ0n) is 9.92. The van der Waals surface area contributed by atoms with Crippen LogP contribution in [0.15, 0.2) is 6.07 Å². The lowest BCUT2D eigenvalue weighted by atomic mass is 10.2. The number of aromatic nitrogens is 2. The van der Waals surface area contributed by atoms with Gasteiger partial charge in [0, 0.05) is 13.1 Å². The number of nitrogens with one attached hydrogen (secondary N) is 1. The van der Waals surface area contributed by atoms with Gasteiger partial charge < -0.3 is 10.1 Å². The predicted octanol–water partition coefficient (Wildman–Crippen LogP) is 1.50. The SMILES string of the molecule is CNCCCCCOc1cc(C)nn1C. The van der Waals surface area contributed by atoms with Crippen molar-refractivity contribution in [3.63, 3.8) is 0 Å². The van der Waals surface area contributed by atoms with E-state index in [-0.39, 0.29) is 0 Å². The molecular formula is C11H21N3O. The minimum Gasteiger partial charge on any atom is -0.478 e. The van der Waals surface area contributed by atoms with Crippen molar-refractivity contribution in [1.82, 2.24) is 15.1 Å². The molecule has 0 atom stereocenters. The molecule has 0 aliphatic heterocycles. The molecule has 0 radical (unpaired) electrons. The summed E-state index contributed by atoms with van der Waals surface area (Å²) in [6.07, 6.45) is 3.52. The van der Waals surface area contributed by atoms with Crippen molar-refractivity contribution < 1.29 is 4.74 Å². The Hall–Kier alpha value is -1.03. The topological polar surface area (TPSA) is 39.1 Å². The Bertz CT molecular complexity index is 283. The summed E-state index contributed by atoms with van der Waals surface area (Å²) in [6, 6.07) is 1.97. The van der Waals surface area contributed by atoms with Gasteiger partial charge in [-0.25, -0.2) is 4.68 Å². The fourth-order valence-corrected chi connectivity index (χ4v) is 1.48. The highest BCUT2D eigenvalue weighted by Gasteiger charge is 2.01. The summed E-state index contributed by atoms with van der Waals surface area (Å²) in [7, 11) is 3.89. The summed E-state index contributed by atoms with van der Waals surface area (Å²) in [5, 5.41) is 7.35. The van der Waals surface area contributed by atoms with Gasteiger partial charge in [-0.15, -0.1) is 0 Å². The van der Waals surface area contributed by atoms with Crippen LogP contribution in [0.1, 0.15) is 25.0 Å². The van der Waals surface area contributed by atoms with Gasteiger partial charge in [0.1, 0.15) is 0 Å². The number of aryl methyl sites for hydroxylation is 2. The maximum absolute atomic E-state index is 5.62. The summed E-state index contributed by atoms with van der Waals surface area (Å²) in [6.45, 7) is 3.84. The summed E-state index contributed by atoms with van der Waals surface area (Å²) in [5.41, 5.74) is 1.00. The quantitative estimate of drug-likeness (QED) is 0.695. The first-order valence-electron chi connectivity index (χ1n) is 5.52. The van der Waals surface area contributed by atoms with Crippen LogP contribution in [0.5, 0.6) is 5.88 Å². The minimum absolute atomic E-state index is 0.780. The van der Waals surface area contributed by atoms with E-state index in [1.54, 1.807) is 4.68 Å². The molecule has 4 nitrogen and oxygen atoms in total. The molecule has 86 valence electrons. The third-order valence-corrected chi connectivity index (χ3v) is 2.28. The average Bonchev–Trinajstić information content (AvgIpc) is 2.51. The van der Waals surface area contributed by atoms with Crippen LogP contribution in [0.3, 0.4) is 0 Å². The van der Waals surface area contributed by atoms with Gasteiger partial charge in [-0.1, -0.05) is 0 Å². The number of unbranched alkanes of at least 4 members (excludes halogenated alkanes) is 2. The van der Waals surface area contributed by atoms with Gasteiger partial charge >= 0.3 is 0 Å². The Morgan fingerprint density at radius 2 is 2.20 bits per heavy atom. The first-order chi connectivity index (χ1) is 7.24. The van der Waals surface area contributed by atoms with Crippen molar-refractivity contribution in [1.29, 1.82) is 0 Å². The third-order valence-electron chi connectivity index (χ3n) is 2.28. The van der Waals surface area contributed by atoms with Gasteiger partial charge in [0.2, 0.25) is 5.88 Å². The van der Waals surface area contributed by atoms with Crippen molar-refractivity contribution in [2.45, 2.75) is 26.2 Å². The largest absolute Gasteiger partial charge is 0.478 e. The van der Waals surface area contributed by atoms with E-state index in [0.717, 1.165) is 31.1 Å². The summed E-state index contributed by atoms with van der Waals surface area (Å²) in [4.78, 5) is 0. The molecule has 15 heavy (non-hydrogen) atoms. The molecule has 1 N–H and O–H groups in total. The zero-order valence-corrected chi connectivity index (χ0v) is 9.92. The van der Waals surface area contributed by atoms with Crippen LogP contribution >= 0.6 is 0 Å². The maximum atomic E-state index is 5.62. The predicted molar refractivity (Wildman–Crippen MR) is 61.2 cm³/mol. The van der Waals surface area contributed by atoms with Crippen LogP contribution in [-0.2, 0) is 7.05 Å². The van der Waals surface area contributed by atoms with E-state index in [0.29, 0.717) is 0 Å². The highest BCUT2D eigenvalue weighted by molar-refractivity contribution is 5.14. The Morgan fingerprint density at radius 3 is 2.80 bits per heavy atom. The van der Waals surface area contributed by atoms with E-state index in [1.165, 1.54) is 12.8 Å². The van der Waals surface area contributed by atoms with E-state index < -0.39 is 0 Å². The first kappa shape index (κ1) is 12.0. The molecular weight excluding hydrogens is 190 g/mol. The number of nitrogens with zero attached hydrogens (tertiary/aromatic N) is 2. The molecule has 1 rings (SSSR count). The second kappa shape index (κ2) is 6.45. The van der Waals surface area contributed by atoms with Crippen LogP contribution in [0.4, 0.5) is 0 Å². The molecule has 0 saturated carbocycles. The fourth-order valence-electron chi connectivity index (χ4n) is 1.48. The molecule has 0 unspecified atom stereocenters. The normalized spacial score (nSPS) is 10.6. The summed E-state index contributed by atoms with van der Waals surface area (Å²) >= 11 is 0. The molecule has 0 aromatic carbocycles. The summed E-state index contributed by atoms with van der Waals surface area (Å²) < 4.78 is 7.40. The van der Waals surface area contributed by atoms with Gasteiger partial charge in [-0.2, -0.15) is 5.10 Å². The van der Waals surface area contributed by atoms with Gasteiger partial charge in [-0.05, 0) is 39.8 Å². The summed E-state index contributed by atoms with van der Waals surface area (Å²) in [5.74, 6) is 0.862. The maximum Gasteiger partial charge on any atom is 0.211 e. The van der Waals surface area contributed by atoms with Crippen LogP contribution in [-0.4, -0.2) is 30.0 Å². The highest BCUT2D eigenvalue weighted by atomic mass is 16.5. The van der Waals surface area contributed by atoms with Crippen LogP contribution in [0.25, 0.3) is 0 Å².